The van der Waals surface area contributed by atoms with Crippen molar-refractivity contribution in [1.29, 1.82) is 0 Å². The molecule has 1 atom stereocenters. The van der Waals surface area contributed by atoms with Gasteiger partial charge in [0.15, 0.2) is 6.23 Å². The molecule has 31 heavy (non-hydrogen) atoms. The molecule has 2 aromatic rings. The lowest BCUT2D eigenvalue weighted by Gasteiger charge is -2.22. The number of nitrogens with zero attached hydrogens (tertiary/aromatic N) is 2. The maximum absolute atomic E-state index is 12.8. The number of nitro groups is 1. The Balaban J connectivity index is 1.81. The van der Waals surface area contributed by atoms with Crippen molar-refractivity contribution in [2.45, 2.75) is 19.1 Å². The number of likely N-dealkylation sites (tertiary alicyclic amines) is 1. The molecule has 1 saturated heterocycles. The van der Waals surface area contributed by atoms with Gasteiger partial charge in [-0.1, -0.05) is 23.2 Å². The summed E-state index contributed by atoms with van der Waals surface area (Å²) < 4.78 is 10.2. The molecule has 1 heterocycles. The van der Waals surface area contributed by atoms with E-state index in [4.69, 9.17) is 32.7 Å². The molecule has 2 aromatic carbocycles. The van der Waals surface area contributed by atoms with E-state index in [0.717, 1.165) is 6.07 Å². The number of ether oxygens (including phenoxy) is 2. The van der Waals surface area contributed by atoms with E-state index < -0.39 is 23.2 Å². The Labute approximate surface area is 185 Å². The fourth-order valence-corrected chi connectivity index (χ4v) is 3.37. The molecule has 12 heteroatoms. The molecule has 0 aliphatic carbocycles. The van der Waals surface area contributed by atoms with Crippen LogP contribution in [0.4, 0.5) is 16.2 Å². The highest BCUT2D eigenvalue weighted by Crippen LogP contribution is 2.30. The Bertz CT molecular complexity index is 1050. The van der Waals surface area contributed by atoms with Crippen LogP contribution in [-0.2, 0) is 9.53 Å². The number of carbonyl (C=O) groups is 3. The van der Waals surface area contributed by atoms with Crippen molar-refractivity contribution in [3.05, 3.63) is 62.1 Å². The fourth-order valence-electron chi connectivity index (χ4n) is 2.98. The van der Waals surface area contributed by atoms with E-state index in [1.807, 2.05) is 0 Å². The molecule has 0 radical (unpaired) electrons. The van der Waals surface area contributed by atoms with Gasteiger partial charge in [0.2, 0.25) is 0 Å². The normalized spacial score (nSPS) is 15.3. The minimum Gasteiger partial charge on any atom is -0.444 e. The molecule has 0 bridgehead atoms. The first kappa shape index (κ1) is 22.3. The highest BCUT2D eigenvalue weighted by atomic mass is 35.5. The number of rotatable bonds is 6. The number of carbonyl (C=O) groups excluding carboxylic acids is 3. The Morgan fingerprint density at radius 3 is 2.68 bits per heavy atom. The van der Waals surface area contributed by atoms with Gasteiger partial charge in [-0.25, -0.2) is 4.79 Å². The highest BCUT2D eigenvalue weighted by molar-refractivity contribution is 6.34. The second-order valence-electron chi connectivity index (χ2n) is 6.41. The molecule has 1 unspecified atom stereocenters. The fraction of sp³-hybridized carbons (Fsp3) is 0.211. The number of hydrogen-bond donors (Lipinski definition) is 1. The SMILES string of the molecule is O=COC1CCCN1C(=O)Oc1ccc(Cl)cc1C(=O)Nc1ccc([N+](=O)[O-])cc1Cl. The third-order valence-electron chi connectivity index (χ3n) is 4.44. The van der Waals surface area contributed by atoms with E-state index in [-0.39, 0.29) is 39.2 Å². The maximum Gasteiger partial charge on any atom is 0.418 e. The minimum absolute atomic E-state index is 0.0472. The number of nitrogens with one attached hydrogen (secondary N) is 1. The second kappa shape index (κ2) is 9.63. The van der Waals surface area contributed by atoms with Crippen LogP contribution in [0.2, 0.25) is 10.0 Å². The van der Waals surface area contributed by atoms with Crippen LogP contribution in [0.1, 0.15) is 23.2 Å². The molecule has 10 nitrogen and oxygen atoms in total. The molecule has 1 N–H and O–H groups in total. The van der Waals surface area contributed by atoms with Crippen molar-refractivity contribution in [3.63, 3.8) is 0 Å². The van der Waals surface area contributed by atoms with Crippen LogP contribution < -0.4 is 10.1 Å². The molecule has 1 aliphatic heterocycles. The summed E-state index contributed by atoms with van der Waals surface area (Å²) in [4.78, 5) is 47.4. The number of nitro benzene ring substituents is 1. The highest BCUT2D eigenvalue weighted by Gasteiger charge is 2.32. The van der Waals surface area contributed by atoms with Crippen LogP contribution in [0.3, 0.4) is 0 Å². The van der Waals surface area contributed by atoms with Crippen LogP contribution in [0.5, 0.6) is 5.75 Å². The van der Waals surface area contributed by atoms with Gasteiger partial charge in [0.1, 0.15) is 5.75 Å². The number of anilines is 1. The average molecular weight is 468 g/mol. The van der Waals surface area contributed by atoms with Crippen molar-refractivity contribution < 1.29 is 28.8 Å². The molecule has 2 amide bonds. The molecule has 3 rings (SSSR count). The predicted molar refractivity (Wildman–Crippen MR) is 110 cm³/mol. The van der Waals surface area contributed by atoms with E-state index in [0.29, 0.717) is 19.4 Å². The smallest absolute Gasteiger partial charge is 0.418 e. The summed E-state index contributed by atoms with van der Waals surface area (Å²) in [5, 5.41) is 13.5. The zero-order chi connectivity index (χ0) is 22.5. The van der Waals surface area contributed by atoms with Crippen molar-refractivity contribution in [1.82, 2.24) is 4.90 Å². The van der Waals surface area contributed by atoms with E-state index in [9.17, 15) is 24.5 Å². The molecular weight excluding hydrogens is 453 g/mol. The number of hydrogen-bond acceptors (Lipinski definition) is 7. The Hall–Kier alpha value is -3.37. The molecule has 0 aromatic heterocycles. The molecule has 0 saturated carbocycles. The average Bonchev–Trinajstić information content (AvgIpc) is 3.19. The summed E-state index contributed by atoms with van der Waals surface area (Å²) in [6.07, 6.45) is -0.441. The lowest BCUT2D eigenvalue weighted by Crippen LogP contribution is -2.39. The van der Waals surface area contributed by atoms with Gasteiger partial charge in [0.25, 0.3) is 18.1 Å². The quantitative estimate of drug-likeness (QED) is 0.381. The van der Waals surface area contributed by atoms with Gasteiger partial charge in [-0.05, 0) is 30.7 Å². The van der Waals surface area contributed by atoms with Crippen LogP contribution in [0.25, 0.3) is 0 Å². The van der Waals surface area contributed by atoms with Gasteiger partial charge >= 0.3 is 6.09 Å². The minimum atomic E-state index is -0.797. The van der Waals surface area contributed by atoms with Crippen molar-refractivity contribution in [2.75, 3.05) is 11.9 Å². The van der Waals surface area contributed by atoms with E-state index in [2.05, 4.69) is 5.32 Å². The van der Waals surface area contributed by atoms with Crippen molar-refractivity contribution >= 4 is 53.0 Å². The van der Waals surface area contributed by atoms with E-state index in [1.54, 1.807) is 0 Å². The number of amides is 2. The number of halogens is 2. The van der Waals surface area contributed by atoms with Gasteiger partial charge in [0, 0.05) is 30.1 Å². The standard InChI is InChI=1S/C19H15Cl2N3O7/c20-11-3-6-16(31-19(27)23-7-1-2-17(23)30-10-25)13(8-11)18(26)22-15-5-4-12(24(28)29)9-14(15)21/h3-6,8-10,17H,1-2,7H2,(H,22,26). The van der Waals surface area contributed by atoms with Crippen molar-refractivity contribution in [2.24, 2.45) is 0 Å². The van der Waals surface area contributed by atoms with Gasteiger partial charge in [0.05, 0.1) is 21.2 Å². The zero-order valence-corrected chi connectivity index (χ0v) is 17.3. The summed E-state index contributed by atoms with van der Waals surface area (Å²) in [5.74, 6) is -0.787. The first-order valence-electron chi connectivity index (χ1n) is 8.92. The van der Waals surface area contributed by atoms with Crippen LogP contribution >= 0.6 is 23.2 Å². The topological polar surface area (TPSA) is 128 Å². The summed E-state index contributed by atoms with van der Waals surface area (Å²) in [7, 11) is 0. The third-order valence-corrected chi connectivity index (χ3v) is 4.99. The summed E-state index contributed by atoms with van der Waals surface area (Å²) in [6.45, 7) is 0.580. The monoisotopic (exact) mass is 467 g/mol. The molecule has 162 valence electrons. The van der Waals surface area contributed by atoms with E-state index >= 15 is 0 Å². The molecule has 1 aliphatic rings. The predicted octanol–water partition coefficient (Wildman–Crippen LogP) is 4.25. The Kier molecular flexibility index (Phi) is 6.93. The summed E-state index contributed by atoms with van der Waals surface area (Å²) >= 11 is 12.0. The largest absolute Gasteiger partial charge is 0.444 e. The number of benzene rings is 2. The lowest BCUT2D eigenvalue weighted by molar-refractivity contribution is -0.384. The lowest BCUT2D eigenvalue weighted by atomic mass is 10.1. The van der Waals surface area contributed by atoms with Gasteiger partial charge in [-0.2, -0.15) is 0 Å². The summed E-state index contributed by atoms with van der Waals surface area (Å²) in [5.41, 5.74) is -0.186. The second-order valence-corrected chi connectivity index (χ2v) is 7.25. The summed E-state index contributed by atoms with van der Waals surface area (Å²) in [6, 6.07) is 7.63. The Morgan fingerprint density at radius 1 is 1.23 bits per heavy atom. The number of non-ortho nitro benzene ring substituents is 1. The van der Waals surface area contributed by atoms with Crippen LogP contribution in [0, 0.1) is 10.1 Å². The van der Waals surface area contributed by atoms with E-state index in [1.165, 1.54) is 35.2 Å². The Morgan fingerprint density at radius 2 is 2.00 bits per heavy atom. The van der Waals surface area contributed by atoms with Gasteiger partial charge < -0.3 is 14.8 Å². The third kappa shape index (κ3) is 5.22. The maximum atomic E-state index is 12.8. The van der Waals surface area contributed by atoms with Gasteiger partial charge in [-0.3, -0.25) is 24.6 Å². The molecule has 0 spiro atoms. The van der Waals surface area contributed by atoms with Crippen LogP contribution in [-0.4, -0.2) is 41.1 Å². The van der Waals surface area contributed by atoms with Gasteiger partial charge in [-0.15, -0.1) is 0 Å². The molecular formula is C19H15Cl2N3O7. The zero-order valence-electron chi connectivity index (χ0n) is 15.7. The first-order valence-corrected chi connectivity index (χ1v) is 9.68. The molecule has 1 fully saturated rings. The van der Waals surface area contributed by atoms with Crippen LogP contribution in [0.15, 0.2) is 36.4 Å². The first-order chi connectivity index (χ1) is 14.8. The van der Waals surface area contributed by atoms with Crippen molar-refractivity contribution in [3.8, 4) is 5.75 Å².